The number of rotatable bonds is 5. The van der Waals surface area contributed by atoms with Crippen molar-refractivity contribution in [1.29, 1.82) is 0 Å². The second kappa shape index (κ2) is 14.8. The standard InChI is InChI=1S/C21H31N5O2.2C2HF3O2/c1-13(2)22-21(27)17-11-16-7-9-26(12-18-14(3)24-28-15(18)4)10-8-19(16)23-20(17)25(5)6;2*3-2(4,5)1(6)7/h11,13H,7-10,12H2,1-6H3,(H,22,27);2*(H,6,7). The van der Waals surface area contributed by atoms with Gasteiger partial charge in [-0.3, -0.25) is 9.69 Å². The van der Waals surface area contributed by atoms with E-state index in [1.54, 1.807) is 0 Å². The molecule has 0 spiro atoms. The van der Waals surface area contributed by atoms with E-state index in [-0.39, 0.29) is 11.9 Å². The number of hydrogen-bond acceptors (Lipinski definition) is 8. The molecular weight excluding hydrogens is 580 g/mol. The summed E-state index contributed by atoms with van der Waals surface area (Å²) < 4.78 is 68.8. The summed E-state index contributed by atoms with van der Waals surface area (Å²) >= 11 is 0. The monoisotopic (exact) mass is 613 g/mol. The number of pyridine rings is 1. The molecule has 0 atom stereocenters. The number of carbonyl (C=O) groups excluding carboxylic acids is 1. The number of carbonyl (C=O) groups is 3. The highest BCUT2D eigenvalue weighted by Crippen LogP contribution is 2.25. The SMILES string of the molecule is Cc1noc(C)c1CN1CCc2cc(C(=O)NC(C)C)c(N(C)C)nc2CC1.O=C(O)C(F)(F)F.O=C(O)C(F)(F)F. The molecule has 0 aromatic carbocycles. The normalized spacial score (nSPS) is 13.5. The van der Waals surface area contributed by atoms with Gasteiger partial charge in [-0.05, 0) is 45.7 Å². The largest absolute Gasteiger partial charge is 0.490 e. The van der Waals surface area contributed by atoms with Gasteiger partial charge in [-0.2, -0.15) is 26.3 Å². The minimum atomic E-state index is -5.08. The minimum Gasteiger partial charge on any atom is -0.475 e. The van der Waals surface area contributed by atoms with E-state index in [1.807, 2.05) is 52.8 Å². The second-order valence-corrected chi connectivity index (χ2v) is 9.67. The number of carboxylic acid groups (broad SMARTS) is 2. The molecule has 3 heterocycles. The molecule has 1 aliphatic heterocycles. The predicted molar refractivity (Wildman–Crippen MR) is 137 cm³/mol. The molecule has 42 heavy (non-hydrogen) atoms. The van der Waals surface area contributed by atoms with Gasteiger partial charge in [0.15, 0.2) is 0 Å². The summed E-state index contributed by atoms with van der Waals surface area (Å²) in [6.45, 7) is 10.6. The molecule has 0 saturated heterocycles. The maximum absolute atomic E-state index is 12.7. The average molecular weight is 614 g/mol. The molecule has 11 nitrogen and oxygen atoms in total. The summed E-state index contributed by atoms with van der Waals surface area (Å²) in [6, 6.07) is 2.13. The lowest BCUT2D eigenvalue weighted by Gasteiger charge is -2.19. The Bertz CT molecular complexity index is 1200. The molecule has 1 amide bonds. The van der Waals surface area contributed by atoms with E-state index in [9.17, 15) is 31.1 Å². The number of fused-ring (bicyclic) bond motifs is 1. The van der Waals surface area contributed by atoms with E-state index in [0.29, 0.717) is 5.56 Å². The lowest BCUT2D eigenvalue weighted by Crippen LogP contribution is -2.32. The van der Waals surface area contributed by atoms with Gasteiger partial charge in [-0.15, -0.1) is 0 Å². The van der Waals surface area contributed by atoms with Crippen LogP contribution in [-0.2, 0) is 29.0 Å². The van der Waals surface area contributed by atoms with Crippen LogP contribution in [0.25, 0.3) is 0 Å². The summed E-state index contributed by atoms with van der Waals surface area (Å²) in [7, 11) is 3.86. The van der Waals surface area contributed by atoms with Crippen LogP contribution in [0, 0.1) is 13.8 Å². The maximum atomic E-state index is 12.7. The zero-order chi connectivity index (χ0) is 32.6. The molecule has 0 radical (unpaired) electrons. The van der Waals surface area contributed by atoms with Gasteiger partial charge in [0.25, 0.3) is 5.91 Å². The molecule has 0 saturated carbocycles. The Balaban J connectivity index is 0.000000522. The van der Waals surface area contributed by atoms with E-state index < -0.39 is 24.3 Å². The van der Waals surface area contributed by atoms with Crippen molar-refractivity contribution < 1.29 is 55.5 Å². The van der Waals surface area contributed by atoms with Gasteiger partial charge in [0, 0.05) is 57.4 Å². The first-order valence-electron chi connectivity index (χ1n) is 12.4. The average Bonchev–Trinajstić information content (AvgIpc) is 3.04. The predicted octanol–water partition coefficient (Wildman–Crippen LogP) is 3.76. The lowest BCUT2D eigenvalue weighted by atomic mass is 10.0. The van der Waals surface area contributed by atoms with Crippen molar-refractivity contribution in [3.05, 3.63) is 39.9 Å². The smallest absolute Gasteiger partial charge is 0.475 e. The number of halogens is 6. The van der Waals surface area contributed by atoms with Crippen LogP contribution in [0.5, 0.6) is 0 Å². The number of nitrogens with zero attached hydrogens (tertiary/aromatic N) is 4. The molecular formula is C25H33F6N5O6. The number of nitrogens with one attached hydrogen (secondary N) is 1. The number of aliphatic carboxylic acids is 2. The Labute approximate surface area is 237 Å². The minimum absolute atomic E-state index is 0.0641. The number of hydrogen-bond donors (Lipinski definition) is 3. The summed E-state index contributed by atoms with van der Waals surface area (Å²) in [5.74, 6) is -3.96. The fourth-order valence-electron chi connectivity index (χ4n) is 3.63. The Morgan fingerprint density at radius 2 is 1.52 bits per heavy atom. The van der Waals surface area contributed by atoms with Crippen molar-refractivity contribution >= 4 is 23.7 Å². The summed E-state index contributed by atoms with van der Waals surface area (Å²) in [6.07, 6.45) is -8.42. The molecule has 0 bridgehead atoms. The first-order valence-corrected chi connectivity index (χ1v) is 12.4. The van der Waals surface area contributed by atoms with Gasteiger partial charge >= 0.3 is 24.3 Å². The Morgan fingerprint density at radius 3 is 1.93 bits per heavy atom. The van der Waals surface area contributed by atoms with Gasteiger partial charge in [0.2, 0.25) is 0 Å². The third-order valence-electron chi connectivity index (χ3n) is 5.67. The van der Waals surface area contributed by atoms with Gasteiger partial charge < -0.3 is 25.0 Å². The van der Waals surface area contributed by atoms with Crippen molar-refractivity contribution in [2.75, 3.05) is 32.1 Å². The van der Waals surface area contributed by atoms with E-state index >= 15 is 0 Å². The molecule has 0 aliphatic carbocycles. The molecule has 17 heteroatoms. The number of aryl methyl sites for hydroxylation is 2. The van der Waals surface area contributed by atoms with Crippen molar-refractivity contribution in [1.82, 2.24) is 20.4 Å². The third kappa shape index (κ3) is 11.2. The molecule has 3 rings (SSSR count). The molecule has 1 aliphatic rings. The Morgan fingerprint density at radius 1 is 1.02 bits per heavy atom. The number of alkyl halides is 6. The zero-order valence-electron chi connectivity index (χ0n) is 23.8. The van der Waals surface area contributed by atoms with E-state index in [0.717, 1.165) is 55.4 Å². The summed E-state index contributed by atoms with van der Waals surface area (Å²) in [5, 5.41) is 21.3. The van der Waals surface area contributed by atoms with Gasteiger partial charge in [0.05, 0.1) is 11.3 Å². The second-order valence-electron chi connectivity index (χ2n) is 9.67. The zero-order valence-corrected chi connectivity index (χ0v) is 23.8. The number of aromatic nitrogens is 2. The number of amides is 1. The van der Waals surface area contributed by atoms with Crippen molar-refractivity contribution in [3.8, 4) is 0 Å². The molecule has 2 aromatic heterocycles. The maximum Gasteiger partial charge on any atom is 0.490 e. The van der Waals surface area contributed by atoms with Crippen LogP contribution in [-0.4, -0.2) is 88.7 Å². The van der Waals surface area contributed by atoms with E-state index in [1.165, 1.54) is 11.1 Å². The van der Waals surface area contributed by atoms with Crippen LogP contribution in [0.4, 0.5) is 32.2 Å². The van der Waals surface area contributed by atoms with Gasteiger partial charge in [-0.1, -0.05) is 5.16 Å². The summed E-state index contributed by atoms with van der Waals surface area (Å²) in [5.41, 5.74) is 5.04. The molecule has 236 valence electrons. The van der Waals surface area contributed by atoms with Crippen molar-refractivity contribution in [2.24, 2.45) is 0 Å². The molecule has 2 aromatic rings. The van der Waals surface area contributed by atoms with Crippen molar-refractivity contribution in [2.45, 2.75) is 65.5 Å². The number of carboxylic acids is 2. The topological polar surface area (TPSA) is 149 Å². The highest BCUT2D eigenvalue weighted by atomic mass is 19.4. The van der Waals surface area contributed by atoms with Gasteiger partial charge in [0.1, 0.15) is 11.6 Å². The van der Waals surface area contributed by atoms with Crippen molar-refractivity contribution in [3.63, 3.8) is 0 Å². The van der Waals surface area contributed by atoms with E-state index in [2.05, 4.69) is 15.4 Å². The molecule has 0 unspecified atom stereocenters. The highest BCUT2D eigenvalue weighted by Gasteiger charge is 2.38. The third-order valence-corrected chi connectivity index (χ3v) is 5.67. The first-order chi connectivity index (χ1) is 19.1. The first kappa shape index (κ1) is 36.1. The summed E-state index contributed by atoms with van der Waals surface area (Å²) in [4.78, 5) is 39.7. The fraction of sp³-hybridized carbons (Fsp3) is 0.560. The lowest BCUT2D eigenvalue weighted by molar-refractivity contribution is -0.193. The Hall–Kier alpha value is -3.89. The van der Waals surface area contributed by atoms with Crippen LogP contribution in [0.2, 0.25) is 0 Å². The quantitative estimate of drug-likeness (QED) is 0.426. The van der Waals surface area contributed by atoms with Crippen LogP contribution in [0.1, 0.15) is 52.5 Å². The van der Waals surface area contributed by atoms with Crippen LogP contribution in [0.3, 0.4) is 0 Å². The Kier molecular flexibility index (Phi) is 12.8. The van der Waals surface area contributed by atoms with Crippen LogP contribution < -0.4 is 10.2 Å². The van der Waals surface area contributed by atoms with Gasteiger partial charge in [-0.25, -0.2) is 14.6 Å². The molecule has 0 fully saturated rings. The van der Waals surface area contributed by atoms with E-state index in [4.69, 9.17) is 29.3 Å². The van der Waals surface area contributed by atoms with Crippen LogP contribution >= 0.6 is 0 Å². The fourth-order valence-corrected chi connectivity index (χ4v) is 3.63. The molecule has 3 N–H and O–H groups in total. The van der Waals surface area contributed by atoms with Crippen LogP contribution in [0.15, 0.2) is 10.6 Å². The highest BCUT2D eigenvalue weighted by molar-refractivity contribution is 5.99. The number of anilines is 1.